The first-order valence-corrected chi connectivity index (χ1v) is 14.6. The Balaban J connectivity index is 1.48. The maximum absolute atomic E-state index is 14.5. The van der Waals surface area contributed by atoms with Gasteiger partial charge in [-0.2, -0.15) is 8.78 Å². The third-order valence-electron chi connectivity index (χ3n) is 6.75. The fraction of sp³-hybridized carbons (Fsp3) is 0.429. The minimum Gasteiger partial charge on any atom is -0.494 e. The van der Waals surface area contributed by atoms with Crippen LogP contribution in [0, 0.1) is 5.92 Å². The van der Waals surface area contributed by atoms with Crippen LogP contribution in [0.25, 0.3) is 17.2 Å². The van der Waals surface area contributed by atoms with Crippen molar-refractivity contribution in [2.24, 2.45) is 5.92 Å². The van der Waals surface area contributed by atoms with E-state index in [9.17, 15) is 13.2 Å². The summed E-state index contributed by atoms with van der Waals surface area (Å²) >= 11 is 0. The fourth-order valence-corrected chi connectivity index (χ4v) is 4.53. The zero-order chi connectivity index (χ0) is 28.8. The number of unbranched alkanes of at least 4 members (excludes halogenated alkanes) is 7. The van der Waals surface area contributed by atoms with Gasteiger partial charge in [0.1, 0.15) is 11.5 Å². The van der Waals surface area contributed by atoms with Crippen LogP contribution < -0.4 is 9.47 Å². The molecular formula is C35H43F3O2. The van der Waals surface area contributed by atoms with Crippen molar-refractivity contribution < 1.29 is 22.6 Å². The van der Waals surface area contributed by atoms with Crippen LogP contribution in [0.15, 0.2) is 78.6 Å². The summed E-state index contributed by atoms with van der Waals surface area (Å²) in [5.74, 6) is -0.459. The summed E-state index contributed by atoms with van der Waals surface area (Å²) in [7, 11) is 0. The van der Waals surface area contributed by atoms with E-state index in [4.69, 9.17) is 4.74 Å². The zero-order valence-corrected chi connectivity index (χ0v) is 24.1. The van der Waals surface area contributed by atoms with Crippen LogP contribution in [-0.4, -0.2) is 12.7 Å². The molecule has 40 heavy (non-hydrogen) atoms. The number of rotatable bonds is 17. The van der Waals surface area contributed by atoms with Gasteiger partial charge in [0.05, 0.1) is 6.61 Å². The van der Waals surface area contributed by atoms with E-state index in [-0.39, 0.29) is 5.75 Å². The molecule has 0 saturated carbocycles. The molecule has 5 heteroatoms. The second-order valence-electron chi connectivity index (χ2n) is 10.8. The van der Waals surface area contributed by atoms with Gasteiger partial charge in [0.15, 0.2) is 0 Å². The maximum Gasteiger partial charge on any atom is 0.454 e. The Morgan fingerprint density at radius 3 is 1.82 bits per heavy atom. The molecule has 2 nitrogen and oxygen atoms in total. The molecule has 3 aromatic carbocycles. The topological polar surface area (TPSA) is 18.5 Å². The van der Waals surface area contributed by atoms with Gasteiger partial charge in [-0.25, -0.2) is 4.39 Å². The smallest absolute Gasteiger partial charge is 0.454 e. The Labute approximate surface area is 238 Å². The Bertz CT molecular complexity index is 1150. The van der Waals surface area contributed by atoms with Crippen LogP contribution in [0.2, 0.25) is 0 Å². The van der Waals surface area contributed by atoms with E-state index in [0.717, 1.165) is 41.4 Å². The minimum atomic E-state index is -4.07. The van der Waals surface area contributed by atoms with Crippen LogP contribution in [-0.2, 0) is 6.42 Å². The lowest BCUT2D eigenvalue weighted by atomic mass is 10.0. The fourth-order valence-electron chi connectivity index (χ4n) is 4.53. The molecule has 0 amide bonds. The Morgan fingerprint density at radius 1 is 0.725 bits per heavy atom. The first kappa shape index (κ1) is 31.3. The standard InChI is InChI=1S/C35H43F3O2/c1-4-5-6-7-8-9-10-11-24-39-32-22-18-31(19-23-32)30-16-12-29(13-17-30)26-34(36)35(37,38)40-33-20-14-28(15-21-33)25-27(2)3/h12-23,26-27H,4-11,24-25H2,1-3H3/b34-26-. The molecular weight excluding hydrogens is 509 g/mol. The summed E-state index contributed by atoms with van der Waals surface area (Å²) in [6, 6.07) is 20.9. The molecule has 0 aromatic heterocycles. The normalized spacial score (nSPS) is 12.1. The van der Waals surface area contributed by atoms with Gasteiger partial charge in [-0.3, -0.25) is 0 Å². The van der Waals surface area contributed by atoms with Crippen LogP contribution in [0.5, 0.6) is 11.5 Å². The Hall–Kier alpha value is -3.21. The van der Waals surface area contributed by atoms with Crippen molar-refractivity contribution in [1.29, 1.82) is 0 Å². The summed E-state index contributed by atoms with van der Waals surface area (Å²) < 4.78 is 53.8. The van der Waals surface area contributed by atoms with E-state index in [1.165, 1.54) is 57.1 Å². The van der Waals surface area contributed by atoms with Gasteiger partial charge in [-0.1, -0.05) is 114 Å². The van der Waals surface area contributed by atoms with Gasteiger partial charge in [0.25, 0.3) is 0 Å². The lowest BCUT2D eigenvalue weighted by Crippen LogP contribution is -2.25. The van der Waals surface area contributed by atoms with Crippen LogP contribution in [0.4, 0.5) is 13.2 Å². The van der Waals surface area contributed by atoms with Gasteiger partial charge in [0, 0.05) is 0 Å². The molecule has 0 unspecified atom stereocenters. The van der Waals surface area contributed by atoms with Crippen LogP contribution in [0.1, 0.15) is 83.3 Å². The molecule has 0 N–H and O–H groups in total. The van der Waals surface area contributed by atoms with E-state index in [2.05, 4.69) is 25.5 Å². The number of benzene rings is 3. The second kappa shape index (κ2) is 16.2. The predicted molar refractivity (Wildman–Crippen MR) is 160 cm³/mol. The average Bonchev–Trinajstić information content (AvgIpc) is 2.93. The summed E-state index contributed by atoms with van der Waals surface area (Å²) in [5.41, 5.74) is 3.20. The average molecular weight is 553 g/mol. The van der Waals surface area contributed by atoms with Crippen molar-refractivity contribution in [3.63, 3.8) is 0 Å². The number of alkyl halides is 2. The second-order valence-corrected chi connectivity index (χ2v) is 10.8. The first-order valence-electron chi connectivity index (χ1n) is 14.6. The number of hydrogen-bond acceptors (Lipinski definition) is 2. The highest BCUT2D eigenvalue weighted by Gasteiger charge is 2.38. The van der Waals surface area contributed by atoms with Crippen LogP contribution in [0.3, 0.4) is 0 Å². The van der Waals surface area contributed by atoms with E-state index in [0.29, 0.717) is 18.1 Å². The van der Waals surface area contributed by atoms with Gasteiger partial charge in [-0.15, -0.1) is 0 Å². The molecule has 0 aliphatic heterocycles. The lowest BCUT2D eigenvalue weighted by Gasteiger charge is -2.17. The Kier molecular flexibility index (Phi) is 12.6. The molecule has 0 heterocycles. The maximum atomic E-state index is 14.5. The van der Waals surface area contributed by atoms with Gasteiger partial charge >= 0.3 is 6.11 Å². The van der Waals surface area contributed by atoms with E-state index < -0.39 is 11.9 Å². The molecule has 0 atom stereocenters. The van der Waals surface area contributed by atoms with E-state index >= 15 is 0 Å². The highest BCUT2D eigenvalue weighted by molar-refractivity contribution is 5.66. The molecule has 0 fully saturated rings. The zero-order valence-electron chi connectivity index (χ0n) is 24.1. The Morgan fingerprint density at radius 2 is 1.25 bits per heavy atom. The molecule has 3 aromatic rings. The molecule has 0 bridgehead atoms. The molecule has 0 spiro atoms. The van der Waals surface area contributed by atoms with Crippen molar-refractivity contribution in [1.82, 2.24) is 0 Å². The first-order chi connectivity index (χ1) is 19.3. The third kappa shape index (κ3) is 10.7. The van der Waals surface area contributed by atoms with Crippen LogP contribution >= 0.6 is 0 Å². The van der Waals surface area contributed by atoms with E-state index in [1.54, 1.807) is 36.4 Å². The van der Waals surface area contributed by atoms with E-state index in [1.807, 2.05) is 24.3 Å². The highest BCUT2D eigenvalue weighted by atomic mass is 19.3. The molecule has 0 aliphatic carbocycles. The number of hydrogen-bond donors (Lipinski definition) is 0. The third-order valence-corrected chi connectivity index (χ3v) is 6.75. The largest absolute Gasteiger partial charge is 0.494 e. The van der Waals surface area contributed by atoms with Crippen molar-refractivity contribution in [3.8, 4) is 22.6 Å². The molecule has 0 radical (unpaired) electrons. The quantitative estimate of drug-likeness (QED) is 0.155. The summed E-state index contributed by atoms with van der Waals surface area (Å²) in [4.78, 5) is 0. The number of ether oxygens (including phenoxy) is 2. The van der Waals surface area contributed by atoms with Crippen molar-refractivity contribution in [3.05, 3.63) is 89.8 Å². The van der Waals surface area contributed by atoms with Crippen molar-refractivity contribution in [2.75, 3.05) is 6.61 Å². The minimum absolute atomic E-state index is 0.0818. The molecule has 0 aliphatic rings. The SMILES string of the molecule is CCCCCCCCCCOc1ccc(-c2ccc(/C=C(\F)C(F)(F)Oc3ccc(CC(C)C)cc3)cc2)cc1. The van der Waals surface area contributed by atoms with Gasteiger partial charge in [-0.05, 0) is 71.4 Å². The lowest BCUT2D eigenvalue weighted by molar-refractivity contribution is -0.155. The van der Waals surface area contributed by atoms with Gasteiger partial charge in [0.2, 0.25) is 5.83 Å². The summed E-state index contributed by atoms with van der Waals surface area (Å²) in [6.07, 6.45) is 7.66. The monoisotopic (exact) mass is 552 g/mol. The number of halogens is 3. The van der Waals surface area contributed by atoms with Crippen molar-refractivity contribution in [2.45, 2.75) is 84.7 Å². The van der Waals surface area contributed by atoms with Crippen molar-refractivity contribution >= 4 is 6.08 Å². The predicted octanol–water partition coefficient (Wildman–Crippen LogP) is 11.1. The molecule has 3 rings (SSSR count). The highest BCUT2D eigenvalue weighted by Crippen LogP contribution is 2.32. The summed E-state index contributed by atoms with van der Waals surface area (Å²) in [5, 5.41) is 0. The molecule has 216 valence electrons. The molecule has 0 saturated heterocycles. The van der Waals surface area contributed by atoms with Gasteiger partial charge < -0.3 is 9.47 Å². The summed E-state index contributed by atoms with van der Waals surface area (Å²) in [6.45, 7) is 7.10.